The molecule has 1 unspecified atom stereocenters. The molecule has 4 atom stereocenters. The van der Waals surface area contributed by atoms with Gasteiger partial charge >= 0.3 is 0 Å². The van der Waals surface area contributed by atoms with Crippen LogP contribution in [0.15, 0.2) is 41.3 Å². The number of imide groups is 1. The zero-order valence-corrected chi connectivity index (χ0v) is 23.6. The molecular formula is C31H36FN3O3S. The van der Waals surface area contributed by atoms with Crippen LogP contribution in [-0.4, -0.2) is 34.7 Å². The minimum Gasteiger partial charge on any atom is -0.322 e. The molecule has 1 saturated heterocycles. The van der Waals surface area contributed by atoms with Gasteiger partial charge in [0.2, 0.25) is 11.8 Å². The number of carbonyl (C=O) groups is 3. The molecule has 2 aromatic carbocycles. The van der Waals surface area contributed by atoms with Gasteiger partial charge in [-0.15, -0.1) is 11.8 Å². The molecule has 3 fully saturated rings. The summed E-state index contributed by atoms with van der Waals surface area (Å²) in [5.41, 5.74) is 4.19. The first kappa shape index (κ1) is 26.5. The SMILES string of the molecule is CC1(C)[C@@H]2CC[C@@]1(C)[C@@H](NCc1ccc(CSc3cc(F)cc4c3CN(C3CCC(=O)NC3=O)C4=O)cc1)C2. The van der Waals surface area contributed by atoms with Crippen molar-refractivity contribution in [3.63, 3.8) is 0 Å². The lowest BCUT2D eigenvalue weighted by Gasteiger charge is -2.39. The third kappa shape index (κ3) is 4.49. The number of hydrogen-bond acceptors (Lipinski definition) is 5. The van der Waals surface area contributed by atoms with Crippen LogP contribution >= 0.6 is 11.8 Å². The monoisotopic (exact) mass is 549 g/mol. The summed E-state index contributed by atoms with van der Waals surface area (Å²) < 4.78 is 14.5. The van der Waals surface area contributed by atoms with E-state index in [9.17, 15) is 18.8 Å². The van der Waals surface area contributed by atoms with E-state index in [4.69, 9.17) is 0 Å². The standard InChI is InChI=1S/C31H36FN3O3S/c1-30(2)20-10-11-31(30,3)26(12-20)33-15-18-4-6-19(7-5-18)17-39-25-14-21(32)13-22-23(25)16-35(29(22)38)24-8-9-27(36)34-28(24)37/h4-7,13-14,20,24,26,33H,8-12,15-17H2,1-3H3,(H,34,36,37)/t20-,24?,26+,31+/m1/s1. The second-order valence-corrected chi connectivity index (χ2v) is 13.5. The van der Waals surface area contributed by atoms with Crippen molar-refractivity contribution in [3.05, 3.63) is 64.5 Å². The third-order valence-corrected chi connectivity index (χ3v) is 11.5. The number of halogens is 1. The maximum atomic E-state index is 14.5. The van der Waals surface area contributed by atoms with Crippen molar-refractivity contribution >= 4 is 29.5 Å². The van der Waals surface area contributed by atoms with E-state index in [-0.39, 0.29) is 31.2 Å². The first-order valence-electron chi connectivity index (χ1n) is 14.0. The normalized spacial score (nSPS) is 29.2. The number of nitrogens with one attached hydrogen (secondary N) is 2. The van der Waals surface area contributed by atoms with Crippen molar-refractivity contribution in [1.82, 2.24) is 15.5 Å². The lowest BCUT2D eigenvalue weighted by Crippen LogP contribution is -2.52. The Morgan fingerprint density at radius 3 is 2.49 bits per heavy atom. The molecule has 6 nitrogen and oxygen atoms in total. The Kier molecular flexibility index (Phi) is 6.62. The highest BCUT2D eigenvalue weighted by Gasteiger charge is 2.61. The highest BCUT2D eigenvalue weighted by atomic mass is 32.2. The van der Waals surface area contributed by atoms with Gasteiger partial charge in [0.05, 0.1) is 0 Å². The molecule has 4 aliphatic rings. The van der Waals surface area contributed by atoms with E-state index in [0.29, 0.717) is 33.1 Å². The summed E-state index contributed by atoms with van der Waals surface area (Å²) in [5.74, 6) is -0.149. The highest BCUT2D eigenvalue weighted by Crippen LogP contribution is 2.65. The van der Waals surface area contributed by atoms with E-state index in [0.717, 1.165) is 23.6 Å². The molecule has 0 aromatic heterocycles. The van der Waals surface area contributed by atoms with Gasteiger partial charge < -0.3 is 10.2 Å². The number of hydrogen-bond donors (Lipinski definition) is 2. The molecule has 8 heteroatoms. The Balaban J connectivity index is 1.09. The molecule has 39 heavy (non-hydrogen) atoms. The van der Waals surface area contributed by atoms with Crippen molar-refractivity contribution in [1.29, 1.82) is 0 Å². The fourth-order valence-electron chi connectivity index (χ4n) is 7.39. The second-order valence-electron chi connectivity index (χ2n) is 12.5. The highest BCUT2D eigenvalue weighted by molar-refractivity contribution is 7.98. The molecule has 6 rings (SSSR count). The van der Waals surface area contributed by atoms with E-state index in [1.54, 1.807) is 0 Å². The maximum absolute atomic E-state index is 14.5. The molecule has 2 aromatic rings. The van der Waals surface area contributed by atoms with Crippen LogP contribution in [0, 0.1) is 22.6 Å². The number of amides is 3. The Labute approximate surface area is 233 Å². The van der Waals surface area contributed by atoms with E-state index in [1.165, 1.54) is 53.6 Å². The van der Waals surface area contributed by atoms with Gasteiger partial charge in [0.1, 0.15) is 11.9 Å². The van der Waals surface area contributed by atoms with Crippen LogP contribution in [0.3, 0.4) is 0 Å². The quantitative estimate of drug-likeness (QED) is 0.368. The van der Waals surface area contributed by atoms with Gasteiger partial charge in [-0.1, -0.05) is 45.0 Å². The smallest absolute Gasteiger partial charge is 0.255 e. The van der Waals surface area contributed by atoms with Crippen LogP contribution in [0.25, 0.3) is 0 Å². The van der Waals surface area contributed by atoms with Crippen molar-refractivity contribution < 1.29 is 18.8 Å². The summed E-state index contributed by atoms with van der Waals surface area (Å²) in [7, 11) is 0. The summed E-state index contributed by atoms with van der Waals surface area (Å²) in [6.45, 7) is 8.43. The first-order valence-corrected chi connectivity index (χ1v) is 15.0. The second kappa shape index (κ2) is 9.73. The number of carbonyl (C=O) groups excluding carboxylic acids is 3. The molecule has 2 heterocycles. The largest absolute Gasteiger partial charge is 0.322 e. The average Bonchev–Trinajstić information content (AvgIpc) is 3.41. The molecule has 2 bridgehead atoms. The van der Waals surface area contributed by atoms with Crippen LogP contribution < -0.4 is 10.6 Å². The zero-order chi connectivity index (χ0) is 27.5. The van der Waals surface area contributed by atoms with Crippen molar-refractivity contribution in [2.45, 2.75) is 88.7 Å². The Morgan fingerprint density at radius 2 is 1.82 bits per heavy atom. The molecule has 2 aliphatic heterocycles. The number of rotatable bonds is 7. The van der Waals surface area contributed by atoms with Gasteiger partial charge in [-0.3, -0.25) is 19.7 Å². The predicted molar refractivity (Wildman–Crippen MR) is 148 cm³/mol. The Bertz CT molecular complexity index is 1340. The zero-order valence-electron chi connectivity index (χ0n) is 22.8. The van der Waals surface area contributed by atoms with Crippen LogP contribution in [-0.2, 0) is 28.4 Å². The van der Waals surface area contributed by atoms with E-state index < -0.39 is 17.8 Å². The fourth-order valence-corrected chi connectivity index (χ4v) is 8.45. The fraction of sp³-hybridized carbons (Fsp3) is 0.516. The van der Waals surface area contributed by atoms with E-state index in [1.807, 2.05) is 0 Å². The number of thioether (sulfide) groups is 1. The summed E-state index contributed by atoms with van der Waals surface area (Å²) in [6, 6.07) is 11.1. The van der Waals surface area contributed by atoms with Crippen molar-refractivity contribution in [2.24, 2.45) is 16.7 Å². The first-order chi connectivity index (χ1) is 18.6. The number of benzene rings is 2. The number of fused-ring (bicyclic) bond motifs is 3. The lowest BCUT2D eigenvalue weighted by molar-refractivity contribution is -0.136. The predicted octanol–water partition coefficient (Wildman–Crippen LogP) is 5.18. The van der Waals surface area contributed by atoms with Gasteiger partial charge in [-0.25, -0.2) is 4.39 Å². The minimum atomic E-state index is -0.710. The van der Waals surface area contributed by atoms with Gasteiger partial charge in [-0.2, -0.15) is 0 Å². The van der Waals surface area contributed by atoms with Crippen molar-refractivity contribution in [3.8, 4) is 0 Å². The topological polar surface area (TPSA) is 78.5 Å². The molecule has 2 aliphatic carbocycles. The van der Waals surface area contributed by atoms with Gasteiger partial charge in [0, 0.05) is 41.8 Å². The Morgan fingerprint density at radius 1 is 1.08 bits per heavy atom. The van der Waals surface area contributed by atoms with Crippen LogP contribution in [0.5, 0.6) is 0 Å². The van der Waals surface area contributed by atoms with Gasteiger partial charge in [0.25, 0.3) is 5.91 Å². The molecule has 2 saturated carbocycles. The maximum Gasteiger partial charge on any atom is 0.255 e. The van der Waals surface area contributed by atoms with E-state index >= 15 is 0 Å². The number of piperidine rings is 1. The van der Waals surface area contributed by atoms with E-state index in [2.05, 4.69) is 55.7 Å². The minimum absolute atomic E-state index is 0.191. The van der Waals surface area contributed by atoms with Gasteiger partial charge in [-0.05, 0) is 71.3 Å². The molecule has 0 spiro atoms. The Hall–Kier alpha value is -2.71. The average molecular weight is 550 g/mol. The molecular weight excluding hydrogens is 513 g/mol. The molecule has 2 N–H and O–H groups in total. The molecule has 0 radical (unpaired) electrons. The lowest BCUT2D eigenvalue weighted by atomic mass is 9.69. The van der Waals surface area contributed by atoms with Crippen molar-refractivity contribution in [2.75, 3.05) is 0 Å². The van der Waals surface area contributed by atoms with Crippen LogP contribution in [0.1, 0.15) is 79.9 Å². The molecule has 3 amide bonds. The van der Waals surface area contributed by atoms with Crippen LogP contribution in [0.2, 0.25) is 0 Å². The molecule has 206 valence electrons. The summed E-state index contributed by atoms with van der Waals surface area (Å²) in [6.07, 6.45) is 4.40. The third-order valence-electron chi connectivity index (χ3n) is 10.3. The summed E-state index contributed by atoms with van der Waals surface area (Å²) in [4.78, 5) is 39.2. The van der Waals surface area contributed by atoms with Crippen LogP contribution in [0.4, 0.5) is 4.39 Å². The number of nitrogens with zero attached hydrogens (tertiary/aromatic N) is 1. The summed E-state index contributed by atoms with van der Waals surface area (Å²) in [5, 5.41) is 6.16. The van der Waals surface area contributed by atoms with Gasteiger partial charge in [0.15, 0.2) is 0 Å². The summed E-state index contributed by atoms with van der Waals surface area (Å²) >= 11 is 1.50.